The summed E-state index contributed by atoms with van der Waals surface area (Å²) in [6.07, 6.45) is 0. The van der Waals surface area contributed by atoms with Gasteiger partial charge in [0.2, 0.25) is 0 Å². The summed E-state index contributed by atoms with van der Waals surface area (Å²) in [4.78, 5) is 9.77. The molecule has 0 heterocycles. The van der Waals surface area contributed by atoms with E-state index in [2.05, 4.69) is 17.5 Å². The fraction of sp³-hybridized carbons (Fsp3) is 0.500. The van der Waals surface area contributed by atoms with E-state index in [0.29, 0.717) is 6.54 Å². The molecule has 0 bridgehead atoms. The maximum atomic E-state index is 9.89. The number of likely N-dealkylation sites (N-methyl/N-ethyl adjacent to an activating group) is 1. The van der Waals surface area contributed by atoms with Crippen molar-refractivity contribution in [2.75, 3.05) is 6.54 Å². The number of hydrogen-bond acceptors (Lipinski definition) is 2. The van der Waals surface area contributed by atoms with Crippen LogP contribution in [0.5, 0.6) is 0 Å². The molecule has 0 aliphatic carbocycles. The van der Waals surface area contributed by atoms with Gasteiger partial charge in [-0.3, -0.25) is 0 Å². The van der Waals surface area contributed by atoms with Gasteiger partial charge in [0.05, 0.1) is 0 Å². The van der Waals surface area contributed by atoms with Gasteiger partial charge in [-0.25, -0.2) is 4.79 Å². The molecule has 0 saturated carbocycles. The number of rotatable bonds is 1. The highest BCUT2D eigenvalue weighted by molar-refractivity contribution is 7.81. The summed E-state index contributed by atoms with van der Waals surface area (Å²) in [5, 5.41) is 10.6. The summed E-state index contributed by atoms with van der Waals surface area (Å²) in [5.41, 5.74) is 0. The largest absolute Gasteiger partial charge is 0.476 e. The Morgan fingerprint density at radius 2 is 2.38 bits per heavy atom. The van der Waals surface area contributed by atoms with Gasteiger partial charge in [0.1, 0.15) is 0 Å². The monoisotopic (exact) mass is 133 g/mol. The Balaban J connectivity index is 3.49. The van der Waals surface area contributed by atoms with Gasteiger partial charge in [0.15, 0.2) is 4.99 Å². The first kappa shape index (κ1) is 7.36. The van der Waals surface area contributed by atoms with Crippen molar-refractivity contribution in [3.05, 3.63) is 0 Å². The van der Waals surface area contributed by atoms with Crippen LogP contribution in [0.4, 0.5) is 0 Å². The Labute approximate surface area is 52.7 Å². The van der Waals surface area contributed by atoms with E-state index in [1.807, 2.05) is 0 Å². The van der Waals surface area contributed by atoms with Crippen LogP contribution >= 0.6 is 12.2 Å². The normalized spacial score (nSPS) is 8.12. The minimum Gasteiger partial charge on any atom is -0.476 e. The van der Waals surface area contributed by atoms with Crippen LogP contribution in [0.1, 0.15) is 6.92 Å². The number of hydrogen-bond donors (Lipinski definition) is 2. The van der Waals surface area contributed by atoms with E-state index in [4.69, 9.17) is 5.11 Å². The molecule has 2 N–H and O–H groups in total. The topological polar surface area (TPSA) is 49.3 Å². The minimum absolute atomic E-state index is 0.118. The number of aliphatic carboxylic acids is 1. The van der Waals surface area contributed by atoms with Crippen LogP contribution in [0.25, 0.3) is 0 Å². The average molecular weight is 133 g/mol. The van der Waals surface area contributed by atoms with Crippen molar-refractivity contribution < 1.29 is 9.90 Å². The Bertz CT molecular complexity index is 113. The highest BCUT2D eigenvalue weighted by Gasteiger charge is 2.00. The fourth-order valence-electron chi connectivity index (χ4n) is 0.236. The average Bonchev–Trinajstić information content (AvgIpc) is 1.67. The molecule has 0 rings (SSSR count). The van der Waals surface area contributed by atoms with Gasteiger partial charge in [-0.1, -0.05) is 12.2 Å². The zero-order chi connectivity index (χ0) is 6.57. The minimum atomic E-state index is -1.07. The molecule has 0 aromatic rings. The molecule has 0 atom stereocenters. The fourth-order valence-corrected chi connectivity index (χ4v) is 0.381. The molecule has 0 saturated heterocycles. The van der Waals surface area contributed by atoms with Crippen molar-refractivity contribution in [1.29, 1.82) is 0 Å². The van der Waals surface area contributed by atoms with Gasteiger partial charge in [0.25, 0.3) is 0 Å². The molecule has 0 fully saturated rings. The Morgan fingerprint density at radius 1 is 1.88 bits per heavy atom. The number of carbonyl (C=O) groups is 1. The molecule has 8 heavy (non-hydrogen) atoms. The second-order valence-electron chi connectivity index (χ2n) is 1.16. The van der Waals surface area contributed by atoms with Gasteiger partial charge < -0.3 is 10.4 Å². The molecule has 0 aliphatic rings. The standard InChI is InChI=1S/C4H7NO2S/c1-2-5-3(8)4(6)7/h2H2,1H3,(H,5,8)(H,6,7). The molecule has 0 aromatic heterocycles. The molecule has 0 unspecified atom stereocenters. The van der Waals surface area contributed by atoms with Crippen LogP contribution in [0.15, 0.2) is 0 Å². The van der Waals surface area contributed by atoms with E-state index in [9.17, 15) is 4.79 Å². The summed E-state index contributed by atoms with van der Waals surface area (Å²) in [6.45, 7) is 2.35. The SMILES string of the molecule is CCNC(=S)C(=O)O. The molecule has 0 aromatic carbocycles. The third-order valence-corrected chi connectivity index (χ3v) is 0.851. The molecule has 4 heteroatoms. The van der Waals surface area contributed by atoms with E-state index in [0.717, 1.165) is 0 Å². The first-order valence-electron chi connectivity index (χ1n) is 2.19. The predicted molar refractivity (Wildman–Crippen MR) is 33.9 cm³/mol. The Kier molecular flexibility index (Phi) is 3.10. The third-order valence-electron chi connectivity index (χ3n) is 0.532. The first-order valence-corrected chi connectivity index (χ1v) is 2.60. The maximum Gasteiger partial charge on any atom is 0.363 e. The van der Waals surface area contributed by atoms with Gasteiger partial charge in [-0.15, -0.1) is 0 Å². The van der Waals surface area contributed by atoms with Crippen molar-refractivity contribution in [3.63, 3.8) is 0 Å². The van der Waals surface area contributed by atoms with Crippen LogP contribution in [0.3, 0.4) is 0 Å². The number of carboxylic acids is 1. The smallest absolute Gasteiger partial charge is 0.363 e. The highest BCUT2D eigenvalue weighted by Crippen LogP contribution is 1.69. The van der Waals surface area contributed by atoms with E-state index < -0.39 is 5.97 Å². The lowest BCUT2D eigenvalue weighted by Gasteiger charge is -1.95. The lowest BCUT2D eigenvalue weighted by Crippen LogP contribution is -2.28. The van der Waals surface area contributed by atoms with Crippen LogP contribution < -0.4 is 5.32 Å². The Hall–Kier alpha value is -0.640. The van der Waals surface area contributed by atoms with E-state index >= 15 is 0 Å². The van der Waals surface area contributed by atoms with Gasteiger partial charge in [-0.05, 0) is 6.92 Å². The highest BCUT2D eigenvalue weighted by atomic mass is 32.1. The van der Waals surface area contributed by atoms with Crippen LogP contribution in [-0.2, 0) is 4.79 Å². The van der Waals surface area contributed by atoms with E-state index in [1.54, 1.807) is 6.92 Å². The second kappa shape index (κ2) is 3.37. The zero-order valence-corrected chi connectivity index (χ0v) is 5.29. The quantitative estimate of drug-likeness (QED) is 0.495. The number of carboxylic acid groups (broad SMARTS) is 1. The van der Waals surface area contributed by atoms with Crippen LogP contribution in [0.2, 0.25) is 0 Å². The Morgan fingerprint density at radius 3 is 2.50 bits per heavy atom. The summed E-state index contributed by atoms with van der Waals surface area (Å²) < 4.78 is 0. The third kappa shape index (κ3) is 2.52. The van der Waals surface area contributed by atoms with Crippen molar-refractivity contribution in [2.45, 2.75) is 6.92 Å². The van der Waals surface area contributed by atoms with Gasteiger partial charge in [0, 0.05) is 6.54 Å². The summed E-state index contributed by atoms with van der Waals surface area (Å²) in [5.74, 6) is -1.07. The zero-order valence-electron chi connectivity index (χ0n) is 4.47. The lowest BCUT2D eigenvalue weighted by atomic mass is 10.6. The maximum absolute atomic E-state index is 9.89. The predicted octanol–water partition coefficient (Wildman–Crippen LogP) is 0.00790. The van der Waals surface area contributed by atoms with Gasteiger partial charge in [-0.2, -0.15) is 0 Å². The molecule has 0 amide bonds. The molecule has 0 spiro atoms. The second-order valence-corrected chi connectivity index (χ2v) is 1.57. The lowest BCUT2D eigenvalue weighted by molar-refractivity contribution is -0.129. The molecular formula is C4H7NO2S. The van der Waals surface area contributed by atoms with Crippen molar-refractivity contribution in [3.8, 4) is 0 Å². The van der Waals surface area contributed by atoms with Crippen molar-refractivity contribution in [2.24, 2.45) is 0 Å². The molecule has 0 aliphatic heterocycles. The van der Waals surface area contributed by atoms with Crippen LogP contribution in [0, 0.1) is 0 Å². The van der Waals surface area contributed by atoms with E-state index in [1.165, 1.54) is 0 Å². The molecule has 46 valence electrons. The van der Waals surface area contributed by atoms with Crippen molar-refractivity contribution >= 4 is 23.2 Å². The first-order chi connectivity index (χ1) is 3.68. The summed E-state index contributed by atoms with van der Waals surface area (Å²) in [6, 6.07) is 0. The summed E-state index contributed by atoms with van der Waals surface area (Å²) >= 11 is 4.37. The van der Waals surface area contributed by atoms with Crippen molar-refractivity contribution in [1.82, 2.24) is 5.32 Å². The molecular weight excluding hydrogens is 126 g/mol. The van der Waals surface area contributed by atoms with Crippen LogP contribution in [-0.4, -0.2) is 22.6 Å². The number of nitrogens with one attached hydrogen (secondary N) is 1. The number of thiocarbonyl (C=S) groups is 1. The van der Waals surface area contributed by atoms with Gasteiger partial charge >= 0.3 is 5.97 Å². The van der Waals surface area contributed by atoms with E-state index in [-0.39, 0.29) is 4.99 Å². The summed E-state index contributed by atoms with van der Waals surface area (Å²) in [7, 11) is 0. The molecule has 3 nitrogen and oxygen atoms in total. The molecule has 0 radical (unpaired) electrons.